The summed E-state index contributed by atoms with van der Waals surface area (Å²) in [4.78, 5) is 28.3. The van der Waals surface area contributed by atoms with Crippen molar-refractivity contribution < 1.29 is 14.0 Å². The summed E-state index contributed by atoms with van der Waals surface area (Å²) in [6.45, 7) is 2.69. The number of carbonyl (C=O) groups is 2. The van der Waals surface area contributed by atoms with Crippen LogP contribution in [0.15, 0.2) is 66.2 Å². The van der Waals surface area contributed by atoms with E-state index in [9.17, 15) is 19.2 Å². The number of fused-ring (bicyclic) bond motifs is 1. The summed E-state index contributed by atoms with van der Waals surface area (Å²) in [6.07, 6.45) is 2.25. The number of hydrogen-bond donors (Lipinski definition) is 0. The highest BCUT2D eigenvalue weighted by Crippen LogP contribution is 2.49. The number of amides is 1. The topological polar surface area (TPSA) is 61.2 Å². The van der Waals surface area contributed by atoms with Crippen molar-refractivity contribution in [3.05, 3.63) is 83.2 Å². The minimum absolute atomic E-state index is 0.0505. The van der Waals surface area contributed by atoms with Gasteiger partial charge in [-0.2, -0.15) is 5.26 Å². The van der Waals surface area contributed by atoms with Crippen molar-refractivity contribution in [1.82, 2.24) is 4.90 Å². The van der Waals surface area contributed by atoms with Crippen LogP contribution in [0.25, 0.3) is 0 Å². The van der Waals surface area contributed by atoms with Crippen molar-refractivity contribution in [2.45, 2.75) is 25.3 Å². The van der Waals surface area contributed by atoms with Crippen molar-refractivity contribution >= 4 is 11.7 Å². The fourth-order valence-corrected chi connectivity index (χ4v) is 4.77. The van der Waals surface area contributed by atoms with Crippen LogP contribution in [0.3, 0.4) is 0 Å². The summed E-state index contributed by atoms with van der Waals surface area (Å²) in [5, 5.41) is 9.54. The number of nitrogens with zero attached hydrogens (tertiary/aromatic N) is 2. The van der Waals surface area contributed by atoms with Gasteiger partial charge in [0.25, 0.3) is 0 Å². The number of Topliss-reactive ketones (excluding diaryl/α,β-unsaturated/α-hetero) is 1. The molecule has 1 fully saturated rings. The van der Waals surface area contributed by atoms with Gasteiger partial charge in [-0.3, -0.25) is 9.59 Å². The summed E-state index contributed by atoms with van der Waals surface area (Å²) in [6, 6.07) is 17.5. The van der Waals surface area contributed by atoms with Gasteiger partial charge in [0.15, 0.2) is 5.78 Å². The van der Waals surface area contributed by atoms with Gasteiger partial charge >= 0.3 is 0 Å². The fraction of sp³-hybridized carbons (Fsp3) is 0.292. The highest BCUT2D eigenvalue weighted by molar-refractivity contribution is 6.06. The quantitative estimate of drug-likeness (QED) is 0.804. The van der Waals surface area contributed by atoms with Crippen molar-refractivity contribution in [3.63, 3.8) is 0 Å². The Kier molecular flexibility index (Phi) is 4.79. The van der Waals surface area contributed by atoms with E-state index in [0.717, 1.165) is 11.1 Å². The van der Waals surface area contributed by atoms with Gasteiger partial charge < -0.3 is 4.90 Å². The Hall–Kier alpha value is -3.26. The van der Waals surface area contributed by atoms with Crippen LogP contribution in [0.2, 0.25) is 0 Å². The number of nitriles is 1. The molecule has 2 aromatic carbocycles. The lowest BCUT2D eigenvalue weighted by atomic mass is 9.57. The summed E-state index contributed by atoms with van der Waals surface area (Å²) < 4.78 is 13.3. The van der Waals surface area contributed by atoms with Crippen LogP contribution in [-0.2, 0) is 21.5 Å². The van der Waals surface area contributed by atoms with Gasteiger partial charge in [0.05, 0.1) is 11.0 Å². The number of benzene rings is 2. The molecule has 0 spiro atoms. The first-order valence-electron chi connectivity index (χ1n) is 9.74. The van der Waals surface area contributed by atoms with Gasteiger partial charge in [-0.25, -0.2) is 4.39 Å². The Balaban J connectivity index is 1.82. The summed E-state index contributed by atoms with van der Waals surface area (Å²) in [7, 11) is 0. The number of allylic oxidation sites excluding steroid dienone is 1. The highest BCUT2D eigenvalue weighted by Gasteiger charge is 2.56. The summed E-state index contributed by atoms with van der Waals surface area (Å²) in [5.41, 5.74) is 0.643. The van der Waals surface area contributed by atoms with Crippen molar-refractivity contribution in [2.75, 3.05) is 6.54 Å². The first kappa shape index (κ1) is 19.1. The third-order valence-corrected chi connectivity index (χ3v) is 6.25. The lowest BCUT2D eigenvalue weighted by molar-refractivity contribution is -0.145. The molecular weight excluding hydrogens is 367 g/mol. The smallest absolute Gasteiger partial charge is 0.237 e. The Morgan fingerprint density at radius 2 is 1.83 bits per heavy atom. The first-order valence-corrected chi connectivity index (χ1v) is 9.74. The number of likely N-dealkylation sites (tertiary alicyclic amines) is 1. The molecule has 1 saturated heterocycles. The molecule has 0 N–H and O–H groups in total. The second kappa shape index (κ2) is 7.29. The van der Waals surface area contributed by atoms with E-state index in [-0.39, 0.29) is 29.0 Å². The van der Waals surface area contributed by atoms with Gasteiger partial charge in [0.1, 0.15) is 11.9 Å². The van der Waals surface area contributed by atoms with E-state index in [1.807, 2.05) is 43.3 Å². The normalized spacial score (nSPS) is 26.5. The van der Waals surface area contributed by atoms with Gasteiger partial charge in [0.2, 0.25) is 5.91 Å². The zero-order valence-corrected chi connectivity index (χ0v) is 16.1. The van der Waals surface area contributed by atoms with Crippen LogP contribution in [0, 0.1) is 29.0 Å². The first-order chi connectivity index (χ1) is 14.0. The van der Waals surface area contributed by atoms with E-state index in [1.165, 1.54) is 12.1 Å². The molecular formula is C24H21FN2O2. The third kappa shape index (κ3) is 3.05. The van der Waals surface area contributed by atoms with E-state index >= 15 is 0 Å². The Morgan fingerprint density at radius 1 is 1.14 bits per heavy atom. The molecule has 4 rings (SSSR count). The van der Waals surface area contributed by atoms with Crippen LogP contribution < -0.4 is 0 Å². The fourth-order valence-electron chi connectivity index (χ4n) is 4.77. The second-order valence-corrected chi connectivity index (χ2v) is 7.81. The van der Waals surface area contributed by atoms with Crippen LogP contribution in [0.5, 0.6) is 0 Å². The number of halogens is 1. The molecule has 0 radical (unpaired) electrons. The zero-order chi connectivity index (χ0) is 20.6. The highest BCUT2D eigenvalue weighted by atomic mass is 19.1. The number of hydrogen-bond acceptors (Lipinski definition) is 3. The maximum Gasteiger partial charge on any atom is 0.237 e. The predicted molar refractivity (Wildman–Crippen MR) is 106 cm³/mol. The Bertz CT molecular complexity index is 1020. The molecule has 3 atom stereocenters. The molecule has 1 heterocycles. The summed E-state index contributed by atoms with van der Waals surface area (Å²) >= 11 is 0. The lowest BCUT2D eigenvalue weighted by Gasteiger charge is -2.50. The maximum absolute atomic E-state index is 13.9. The molecule has 2 aliphatic rings. The summed E-state index contributed by atoms with van der Waals surface area (Å²) in [5.74, 6) is -1.24. The van der Waals surface area contributed by atoms with Crippen LogP contribution in [0.4, 0.5) is 4.39 Å². The van der Waals surface area contributed by atoms with Crippen molar-refractivity contribution in [3.8, 4) is 6.07 Å². The second-order valence-electron chi connectivity index (χ2n) is 7.81. The molecule has 2 aromatic rings. The van der Waals surface area contributed by atoms with E-state index in [2.05, 4.69) is 0 Å². The molecule has 1 aliphatic heterocycles. The van der Waals surface area contributed by atoms with Crippen molar-refractivity contribution in [1.29, 1.82) is 5.26 Å². The van der Waals surface area contributed by atoms with Crippen LogP contribution >= 0.6 is 0 Å². The van der Waals surface area contributed by atoms with Gasteiger partial charge in [-0.15, -0.1) is 0 Å². The minimum Gasteiger partial charge on any atom is -0.337 e. The van der Waals surface area contributed by atoms with Crippen LogP contribution in [0.1, 0.15) is 24.5 Å². The largest absolute Gasteiger partial charge is 0.337 e. The molecule has 0 saturated carbocycles. The van der Waals surface area contributed by atoms with E-state index in [4.69, 9.17) is 0 Å². The van der Waals surface area contributed by atoms with E-state index in [1.54, 1.807) is 23.1 Å². The van der Waals surface area contributed by atoms with Gasteiger partial charge in [0, 0.05) is 19.0 Å². The van der Waals surface area contributed by atoms with Crippen molar-refractivity contribution in [2.24, 2.45) is 11.8 Å². The van der Waals surface area contributed by atoms with Gasteiger partial charge in [-0.1, -0.05) is 49.4 Å². The number of carbonyl (C=O) groups excluding carboxylic acids is 2. The van der Waals surface area contributed by atoms with Gasteiger partial charge in [-0.05, 0) is 41.7 Å². The predicted octanol–water partition coefficient (Wildman–Crippen LogP) is 3.78. The molecule has 1 amide bonds. The Morgan fingerprint density at radius 3 is 2.48 bits per heavy atom. The Labute approximate surface area is 169 Å². The minimum atomic E-state index is -1.04. The molecule has 0 aromatic heterocycles. The monoisotopic (exact) mass is 388 g/mol. The average Bonchev–Trinajstić information content (AvgIpc) is 2.75. The van der Waals surface area contributed by atoms with Crippen LogP contribution in [-0.4, -0.2) is 23.1 Å². The lowest BCUT2D eigenvalue weighted by Crippen LogP contribution is -2.59. The number of ketones is 1. The maximum atomic E-state index is 13.9. The molecule has 29 heavy (non-hydrogen) atoms. The average molecular weight is 388 g/mol. The molecule has 1 aliphatic carbocycles. The molecule has 0 bridgehead atoms. The number of piperidine rings is 1. The third-order valence-electron chi connectivity index (χ3n) is 6.25. The van der Waals surface area contributed by atoms with E-state index < -0.39 is 11.3 Å². The standard InChI is InChI=1S/C24H21FN2O2/c1-16-21-11-12-27(15-17-7-9-20(25)10-8-17)23(29)24(21,13-18(14-26)22(16)28)19-5-3-2-4-6-19/h2-10,13,16,21H,11-12,15H2,1H3/t16-,21-,24+/m1/s1. The number of rotatable bonds is 3. The molecule has 146 valence electrons. The molecule has 5 heteroatoms. The molecule has 0 unspecified atom stereocenters. The molecule has 4 nitrogen and oxygen atoms in total. The van der Waals surface area contributed by atoms with E-state index in [0.29, 0.717) is 19.5 Å². The SMILES string of the molecule is C[C@H]1C(=O)C(C#N)=C[C@@]2(c3ccccc3)C(=O)N(Cc3ccc(F)cc3)CC[C@H]12. The zero-order valence-electron chi connectivity index (χ0n) is 16.1.